The molecule has 1 N–H and O–H groups in total. The first-order chi connectivity index (χ1) is 9.69. The van der Waals surface area contributed by atoms with Crippen LogP contribution in [0.5, 0.6) is 0 Å². The molecule has 0 atom stereocenters. The minimum Gasteiger partial charge on any atom is -0.377 e. The molecule has 1 saturated carbocycles. The summed E-state index contributed by atoms with van der Waals surface area (Å²) in [6.45, 7) is 1.01. The fourth-order valence-electron chi connectivity index (χ4n) is 2.65. The Labute approximate surface area is 127 Å². The van der Waals surface area contributed by atoms with Crippen molar-refractivity contribution in [1.82, 2.24) is 10.5 Å². The summed E-state index contributed by atoms with van der Waals surface area (Å²) in [5, 5.41) is 7.68. The molecule has 1 aromatic rings. The number of halogens is 1. The normalized spacial score (nSPS) is 17.9. The third-order valence-corrected chi connectivity index (χ3v) is 5.09. The van der Waals surface area contributed by atoms with Gasteiger partial charge in [-0.2, -0.15) is 0 Å². The Morgan fingerprint density at radius 3 is 2.90 bits per heavy atom. The van der Waals surface area contributed by atoms with Gasteiger partial charge in [0.1, 0.15) is 6.61 Å². The van der Waals surface area contributed by atoms with Gasteiger partial charge in [-0.15, -0.1) is 0 Å². The predicted molar refractivity (Wildman–Crippen MR) is 78.9 cm³/mol. The molecule has 0 saturated heterocycles. The topological polar surface area (TPSA) is 64.4 Å². The van der Waals surface area contributed by atoms with Crippen molar-refractivity contribution in [3.63, 3.8) is 0 Å². The van der Waals surface area contributed by atoms with Gasteiger partial charge in [-0.25, -0.2) is 0 Å². The number of hydrogen-bond donors (Lipinski definition) is 1. The lowest BCUT2D eigenvalue weighted by atomic mass is 9.75. The van der Waals surface area contributed by atoms with Crippen LogP contribution >= 0.6 is 15.9 Å². The highest BCUT2D eigenvalue weighted by Crippen LogP contribution is 2.37. The number of ether oxygens (including phenoxy) is 1. The van der Waals surface area contributed by atoms with Crippen molar-refractivity contribution < 1.29 is 14.1 Å². The number of rotatable bonds is 6. The molecular weight excluding hydrogens is 324 g/mol. The maximum absolute atomic E-state index is 12.1. The molecule has 5 nitrogen and oxygen atoms in total. The monoisotopic (exact) mass is 344 g/mol. The van der Waals surface area contributed by atoms with Crippen LogP contribution in [0.1, 0.15) is 48.4 Å². The molecule has 1 heterocycles. The molecule has 1 aliphatic rings. The molecule has 0 unspecified atom stereocenters. The number of carbonyl (C=O) groups is 1. The van der Waals surface area contributed by atoms with E-state index in [2.05, 4.69) is 26.4 Å². The summed E-state index contributed by atoms with van der Waals surface area (Å²) in [7, 11) is 1.57. The minimum atomic E-state index is -0.179. The number of hydrogen-bond acceptors (Lipinski definition) is 4. The lowest BCUT2D eigenvalue weighted by molar-refractivity contribution is 0.0912. The van der Waals surface area contributed by atoms with Crippen molar-refractivity contribution in [2.45, 2.75) is 38.7 Å². The van der Waals surface area contributed by atoms with Crippen LogP contribution in [0.2, 0.25) is 0 Å². The second kappa shape index (κ2) is 7.22. The third kappa shape index (κ3) is 3.82. The summed E-state index contributed by atoms with van der Waals surface area (Å²) >= 11 is 3.60. The van der Waals surface area contributed by atoms with Gasteiger partial charge in [-0.05, 0) is 18.3 Å². The predicted octanol–water partition coefficient (Wildman–Crippen LogP) is 2.90. The summed E-state index contributed by atoms with van der Waals surface area (Å²) in [5.74, 6) is 0.382. The van der Waals surface area contributed by atoms with E-state index in [1.54, 1.807) is 13.2 Å². The van der Waals surface area contributed by atoms with Gasteiger partial charge >= 0.3 is 0 Å². The second-order valence-electron chi connectivity index (χ2n) is 5.49. The molecule has 1 amide bonds. The number of alkyl halides is 1. The number of nitrogens with zero attached hydrogens (tertiary/aromatic N) is 1. The summed E-state index contributed by atoms with van der Waals surface area (Å²) in [5.41, 5.74) is 0.505. The van der Waals surface area contributed by atoms with E-state index in [1.807, 2.05) is 0 Å². The van der Waals surface area contributed by atoms with Crippen LogP contribution in [0, 0.1) is 5.41 Å². The first kappa shape index (κ1) is 15.5. The summed E-state index contributed by atoms with van der Waals surface area (Å²) in [4.78, 5) is 12.1. The number of aromatic nitrogens is 1. The van der Waals surface area contributed by atoms with Crippen LogP contribution in [0.4, 0.5) is 0 Å². The molecule has 0 radical (unpaired) electrons. The average Bonchev–Trinajstić information content (AvgIpc) is 2.95. The van der Waals surface area contributed by atoms with Crippen molar-refractivity contribution in [3.05, 3.63) is 17.5 Å². The molecule has 20 heavy (non-hydrogen) atoms. The Morgan fingerprint density at radius 1 is 1.50 bits per heavy atom. The van der Waals surface area contributed by atoms with Crippen molar-refractivity contribution in [1.29, 1.82) is 0 Å². The van der Waals surface area contributed by atoms with Crippen LogP contribution in [-0.2, 0) is 11.3 Å². The van der Waals surface area contributed by atoms with Gasteiger partial charge in [0.25, 0.3) is 5.91 Å². The fourth-order valence-corrected chi connectivity index (χ4v) is 3.41. The zero-order valence-electron chi connectivity index (χ0n) is 11.8. The van der Waals surface area contributed by atoms with Crippen LogP contribution in [0.25, 0.3) is 0 Å². The van der Waals surface area contributed by atoms with Gasteiger partial charge in [0.2, 0.25) is 0 Å². The highest BCUT2D eigenvalue weighted by molar-refractivity contribution is 9.09. The smallest absolute Gasteiger partial charge is 0.273 e. The van der Waals surface area contributed by atoms with Gasteiger partial charge in [-0.3, -0.25) is 4.79 Å². The average molecular weight is 345 g/mol. The van der Waals surface area contributed by atoms with Crippen molar-refractivity contribution in [3.8, 4) is 0 Å². The molecular formula is C14H21BrN2O3. The molecule has 0 spiro atoms. The zero-order chi connectivity index (χ0) is 14.4. The highest BCUT2D eigenvalue weighted by atomic mass is 79.9. The Hall–Kier alpha value is -0.880. The Morgan fingerprint density at radius 2 is 2.25 bits per heavy atom. The van der Waals surface area contributed by atoms with Gasteiger partial charge in [0.15, 0.2) is 11.5 Å². The zero-order valence-corrected chi connectivity index (χ0v) is 13.4. The Kier molecular flexibility index (Phi) is 5.60. The summed E-state index contributed by atoms with van der Waals surface area (Å²) in [6, 6.07) is 1.63. The van der Waals surface area contributed by atoms with Crippen LogP contribution in [-0.4, -0.2) is 30.0 Å². The van der Waals surface area contributed by atoms with Gasteiger partial charge in [0.05, 0.1) is 0 Å². The van der Waals surface area contributed by atoms with E-state index >= 15 is 0 Å². The van der Waals surface area contributed by atoms with E-state index in [1.165, 1.54) is 19.3 Å². The second-order valence-corrected chi connectivity index (χ2v) is 6.05. The third-order valence-electron chi connectivity index (χ3n) is 3.90. The van der Waals surface area contributed by atoms with Crippen LogP contribution < -0.4 is 5.32 Å². The van der Waals surface area contributed by atoms with Crippen molar-refractivity contribution in [2.75, 3.05) is 19.0 Å². The van der Waals surface area contributed by atoms with Crippen LogP contribution in [0.3, 0.4) is 0 Å². The van der Waals surface area contributed by atoms with E-state index < -0.39 is 0 Å². The Bertz CT molecular complexity index is 441. The van der Waals surface area contributed by atoms with Gasteiger partial charge < -0.3 is 14.6 Å². The largest absolute Gasteiger partial charge is 0.377 e. The fraction of sp³-hybridized carbons (Fsp3) is 0.714. The molecule has 1 aliphatic carbocycles. The number of methoxy groups -OCH3 is 1. The van der Waals surface area contributed by atoms with Crippen molar-refractivity contribution >= 4 is 21.8 Å². The maximum atomic E-state index is 12.1. The number of nitrogens with one attached hydrogen (secondary N) is 1. The van der Waals surface area contributed by atoms with E-state index in [0.717, 1.165) is 18.2 Å². The van der Waals surface area contributed by atoms with E-state index in [9.17, 15) is 4.79 Å². The molecule has 1 aromatic heterocycles. The maximum Gasteiger partial charge on any atom is 0.273 e. The lowest BCUT2D eigenvalue weighted by Gasteiger charge is -2.35. The van der Waals surface area contributed by atoms with E-state index in [4.69, 9.17) is 9.26 Å². The van der Waals surface area contributed by atoms with Crippen LogP contribution in [0.15, 0.2) is 10.6 Å². The SMILES string of the molecule is COCc1cc(C(=O)NCC2(CBr)CCCCC2)no1. The van der Waals surface area contributed by atoms with E-state index in [-0.39, 0.29) is 11.3 Å². The molecule has 2 rings (SSSR count). The van der Waals surface area contributed by atoms with Gasteiger partial charge in [-0.1, -0.05) is 40.3 Å². The first-order valence-electron chi connectivity index (χ1n) is 6.98. The van der Waals surface area contributed by atoms with Gasteiger partial charge in [0, 0.05) is 25.1 Å². The number of carbonyl (C=O) groups excluding carboxylic acids is 1. The first-order valence-corrected chi connectivity index (χ1v) is 8.10. The summed E-state index contributed by atoms with van der Waals surface area (Å²) < 4.78 is 9.96. The Balaban J connectivity index is 1.89. The van der Waals surface area contributed by atoms with E-state index in [0.29, 0.717) is 24.6 Å². The molecule has 6 heteroatoms. The minimum absolute atomic E-state index is 0.179. The molecule has 1 fully saturated rings. The standard InChI is InChI=1S/C14H21BrN2O3/c1-19-8-11-7-12(17-20-11)13(18)16-10-14(9-15)5-3-2-4-6-14/h7H,2-6,8-10H2,1H3,(H,16,18). The number of amides is 1. The molecule has 0 aliphatic heterocycles. The highest BCUT2D eigenvalue weighted by Gasteiger charge is 2.31. The molecule has 0 aromatic carbocycles. The summed E-state index contributed by atoms with van der Waals surface area (Å²) in [6.07, 6.45) is 6.09. The molecule has 112 valence electrons. The van der Waals surface area contributed by atoms with Crippen molar-refractivity contribution in [2.24, 2.45) is 5.41 Å². The quantitative estimate of drug-likeness (QED) is 0.806. The lowest BCUT2D eigenvalue weighted by Crippen LogP contribution is -2.40. The molecule has 0 bridgehead atoms.